The Balaban J connectivity index is 1.91. The van der Waals surface area contributed by atoms with E-state index in [-0.39, 0.29) is 29.8 Å². The van der Waals surface area contributed by atoms with E-state index in [1.165, 1.54) is 6.92 Å². The van der Waals surface area contributed by atoms with Crippen LogP contribution < -0.4 is 5.32 Å². The fourth-order valence-electron chi connectivity index (χ4n) is 4.98. The zero-order valence-corrected chi connectivity index (χ0v) is 14.9. The minimum Gasteiger partial charge on any atom is -0.463 e. The summed E-state index contributed by atoms with van der Waals surface area (Å²) < 4.78 is 5.65. The van der Waals surface area contributed by atoms with E-state index in [9.17, 15) is 9.59 Å². The summed E-state index contributed by atoms with van der Waals surface area (Å²) in [5.74, 6) is -0.162. The zero-order valence-electron chi connectivity index (χ0n) is 14.9. The molecule has 0 aromatic heterocycles. The standard InChI is InChI=1S/C22H23NO3/c1-15(24)26-19-12-16-14-23-21(25)20(16)22(13-19,17-8-4-2-5-9-17)18-10-6-3-7-11-18/h2-11,16,19-20H,12-14H2,1H3,(H,23,25). The lowest BCUT2D eigenvalue weighted by molar-refractivity contribution is -0.150. The van der Waals surface area contributed by atoms with Gasteiger partial charge in [0.25, 0.3) is 0 Å². The smallest absolute Gasteiger partial charge is 0.302 e. The maximum atomic E-state index is 12.9. The van der Waals surface area contributed by atoms with Crippen molar-refractivity contribution < 1.29 is 14.3 Å². The second-order valence-electron chi connectivity index (χ2n) is 7.36. The first-order chi connectivity index (χ1) is 12.6. The largest absolute Gasteiger partial charge is 0.463 e. The van der Waals surface area contributed by atoms with E-state index in [2.05, 4.69) is 29.6 Å². The van der Waals surface area contributed by atoms with Crippen molar-refractivity contribution in [2.45, 2.75) is 31.3 Å². The SMILES string of the molecule is CC(=O)OC1CC2CNC(=O)C2C(c2ccccc2)(c2ccccc2)C1. The first-order valence-electron chi connectivity index (χ1n) is 9.17. The summed E-state index contributed by atoms with van der Waals surface area (Å²) in [4.78, 5) is 24.5. The summed E-state index contributed by atoms with van der Waals surface area (Å²) in [5.41, 5.74) is 1.72. The highest BCUT2D eigenvalue weighted by Gasteiger charge is 2.56. The molecule has 4 rings (SSSR count). The van der Waals surface area contributed by atoms with Crippen molar-refractivity contribution in [2.24, 2.45) is 11.8 Å². The molecule has 1 saturated heterocycles. The van der Waals surface area contributed by atoms with Crippen LogP contribution in [-0.4, -0.2) is 24.5 Å². The topological polar surface area (TPSA) is 55.4 Å². The van der Waals surface area contributed by atoms with Crippen LogP contribution in [0.2, 0.25) is 0 Å². The second-order valence-corrected chi connectivity index (χ2v) is 7.36. The number of nitrogens with one attached hydrogen (secondary N) is 1. The van der Waals surface area contributed by atoms with E-state index in [0.29, 0.717) is 13.0 Å². The Morgan fingerprint density at radius 1 is 1.04 bits per heavy atom. The van der Waals surface area contributed by atoms with Gasteiger partial charge in [0.05, 0.1) is 5.92 Å². The number of hydrogen-bond acceptors (Lipinski definition) is 3. The summed E-state index contributed by atoms with van der Waals surface area (Å²) in [7, 11) is 0. The Bertz CT molecular complexity index is 763. The van der Waals surface area contributed by atoms with Crippen LogP contribution in [0.15, 0.2) is 60.7 Å². The minimum atomic E-state index is -0.494. The summed E-state index contributed by atoms with van der Waals surface area (Å²) >= 11 is 0. The van der Waals surface area contributed by atoms with Crippen molar-refractivity contribution in [2.75, 3.05) is 6.54 Å². The first kappa shape index (κ1) is 16.8. The molecule has 2 fully saturated rings. The van der Waals surface area contributed by atoms with Gasteiger partial charge in [0, 0.05) is 18.9 Å². The van der Waals surface area contributed by atoms with Crippen LogP contribution in [0.25, 0.3) is 0 Å². The molecule has 4 nitrogen and oxygen atoms in total. The molecule has 4 heteroatoms. The van der Waals surface area contributed by atoms with Crippen LogP contribution in [0.5, 0.6) is 0 Å². The van der Waals surface area contributed by atoms with Crippen LogP contribution in [0.1, 0.15) is 30.9 Å². The summed E-state index contributed by atoms with van der Waals surface area (Å²) in [6.45, 7) is 2.10. The third kappa shape index (κ3) is 2.70. The molecule has 26 heavy (non-hydrogen) atoms. The molecule has 3 unspecified atom stereocenters. The molecule has 1 aliphatic carbocycles. The maximum absolute atomic E-state index is 12.9. The molecule has 1 amide bonds. The molecular formula is C22H23NO3. The van der Waals surface area contributed by atoms with Gasteiger partial charge in [-0.3, -0.25) is 9.59 Å². The molecule has 2 aromatic carbocycles. The van der Waals surface area contributed by atoms with Gasteiger partial charge in [0.2, 0.25) is 5.91 Å². The lowest BCUT2D eigenvalue weighted by Gasteiger charge is -2.47. The zero-order chi connectivity index (χ0) is 18.1. The average Bonchev–Trinajstić information content (AvgIpc) is 3.03. The van der Waals surface area contributed by atoms with Gasteiger partial charge in [0.1, 0.15) is 6.10 Å². The van der Waals surface area contributed by atoms with Gasteiger partial charge in [-0.25, -0.2) is 0 Å². The number of benzene rings is 2. The van der Waals surface area contributed by atoms with Crippen molar-refractivity contribution in [1.82, 2.24) is 5.32 Å². The minimum absolute atomic E-state index is 0.101. The number of fused-ring (bicyclic) bond motifs is 1. The summed E-state index contributed by atoms with van der Waals surface area (Å²) in [6.07, 6.45) is 1.15. The lowest BCUT2D eigenvalue weighted by atomic mass is 9.56. The summed E-state index contributed by atoms with van der Waals surface area (Å²) in [6, 6.07) is 20.4. The Morgan fingerprint density at radius 3 is 2.15 bits per heavy atom. The fraction of sp³-hybridized carbons (Fsp3) is 0.364. The van der Waals surface area contributed by atoms with Crippen molar-refractivity contribution in [1.29, 1.82) is 0 Å². The van der Waals surface area contributed by atoms with E-state index in [0.717, 1.165) is 17.5 Å². The van der Waals surface area contributed by atoms with Gasteiger partial charge >= 0.3 is 5.97 Å². The monoisotopic (exact) mass is 349 g/mol. The first-order valence-corrected chi connectivity index (χ1v) is 9.17. The van der Waals surface area contributed by atoms with E-state index >= 15 is 0 Å². The van der Waals surface area contributed by atoms with E-state index in [1.54, 1.807) is 0 Å². The normalized spacial score (nSPS) is 26.7. The van der Waals surface area contributed by atoms with Gasteiger partial charge < -0.3 is 10.1 Å². The number of rotatable bonds is 3. The molecule has 1 heterocycles. The van der Waals surface area contributed by atoms with Crippen LogP contribution in [-0.2, 0) is 19.7 Å². The number of esters is 1. The van der Waals surface area contributed by atoms with Crippen molar-refractivity contribution in [3.05, 3.63) is 71.8 Å². The molecule has 0 bridgehead atoms. The Kier molecular flexibility index (Phi) is 4.27. The van der Waals surface area contributed by atoms with E-state index < -0.39 is 5.41 Å². The van der Waals surface area contributed by atoms with Crippen molar-refractivity contribution in [3.8, 4) is 0 Å². The molecule has 3 atom stereocenters. The molecule has 2 aromatic rings. The van der Waals surface area contributed by atoms with Gasteiger partial charge in [-0.1, -0.05) is 60.7 Å². The molecule has 1 saturated carbocycles. The molecular weight excluding hydrogens is 326 g/mol. The third-order valence-electron chi connectivity index (χ3n) is 5.85. The van der Waals surface area contributed by atoms with Crippen molar-refractivity contribution in [3.63, 3.8) is 0 Å². The molecule has 1 aliphatic heterocycles. The third-order valence-corrected chi connectivity index (χ3v) is 5.85. The summed E-state index contributed by atoms with van der Waals surface area (Å²) in [5, 5.41) is 3.05. The molecule has 2 aliphatic rings. The van der Waals surface area contributed by atoms with Gasteiger partial charge in [-0.05, 0) is 29.9 Å². The molecule has 1 N–H and O–H groups in total. The second kappa shape index (κ2) is 6.60. The van der Waals surface area contributed by atoms with Crippen LogP contribution >= 0.6 is 0 Å². The maximum Gasteiger partial charge on any atom is 0.302 e. The molecule has 0 spiro atoms. The van der Waals surface area contributed by atoms with E-state index in [4.69, 9.17) is 4.74 Å². The van der Waals surface area contributed by atoms with Gasteiger partial charge in [0.15, 0.2) is 0 Å². The molecule has 134 valence electrons. The average molecular weight is 349 g/mol. The van der Waals surface area contributed by atoms with Gasteiger partial charge in [-0.15, -0.1) is 0 Å². The van der Waals surface area contributed by atoms with Gasteiger partial charge in [-0.2, -0.15) is 0 Å². The number of ether oxygens (including phenoxy) is 1. The van der Waals surface area contributed by atoms with E-state index in [1.807, 2.05) is 36.4 Å². The molecule has 0 radical (unpaired) electrons. The van der Waals surface area contributed by atoms with Crippen LogP contribution in [0, 0.1) is 11.8 Å². The van der Waals surface area contributed by atoms with Crippen LogP contribution in [0.4, 0.5) is 0 Å². The van der Waals surface area contributed by atoms with Crippen LogP contribution in [0.3, 0.4) is 0 Å². The number of amides is 1. The van der Waals surface area contributed by atoms with Crippen molar-refractivity contribution >= 4 is 11.9 Å². The highest BCUT2D eigenvalue weighted by Crippen LogP contribution is 2.53. The highest BCUT2D eigenvalue weighted by atomic mass is 16.5. The number of carbonyl (C=O) groups excluding carboxylic acids is 2. The number of hydrogen-bond donors (Lipinski definition) is 1. The predicted molar refractivity (Wildman–Crippen MR) is 98.4 cm³/mol. The lowest BCUT2D eigenvalue weighted by Crippen LogP contribution is -2.50. The fourth-order valence-corrected chi connectivity index (χ4v) is 4.98. The Hall–Kier alpha value is -2.62. The highest BCUT2D eigenvalue weighted by molar-refractivity contribution is 5.84. The quantitative estimate of drug-likeness (QED) is 0.867. The Labute approximate surface area is 153 Å². The Morgan fingerprint density at radius 2 is 1.62 bits per heavy atom. The predicted octanol–water partition coefficient (Wildman–Crippen LogP) is 3.06. The number of carbonyl (C=O) groups is 2.